The SMILES string of the molecule is C=CNC/C=C/CC/C=C/N(C)C12CC1(C)N=CN=C2C(=O)CCc1ccc2c(c1)CC(=O)C2.CC.CC.CC.CC. The lowest BCUT2D eigenvalue weighted by molar-refractivity contribution is -0.117. The Morgan fingerprint density at radius 2 is 1.64 bits per heavy atom. The van der Waals surface area contributed by atoms with Crippen molar-refractivity contribution in [2.45, 2.75) is 118 Å². The first-order valence-electron chi connectivity index (χ1n) is 16.1. The number of ketones is 2. The van der Waals surface area contributed by atoms with Crippen LogP contribution in [0.1, 0.15) is 105 Å². The lowest BCUT2D eigenvalue weighted by atomic mass is 9.94. The molecule has 234 valence electrons. The predicted molar refractivity (Wildman–Crippen MR) is 183 cm³/mol. The molecule has 0 saturated heterocycles. The second kappa shape index (κ2) is 20.6. The van der Waals surface area contributed by atoms with E-state index < -0.39 is 5.54 Å². The molecule has 1 aromatic rings. The molecule has 1 aliphatic heterocycles. The van der Waals surface area contributed by atoms with Gasteiger partial charge in [0.05, 0.1) is 5.54 Å². The molecule has 1 fully saturated rings. The molecule has 2 unspecified atom stereocenters. The van der Waals surface area contributed by atoms with Gasteiger partial charge in [0.25, 0.3) is 0 Å². The molecule has 6 heteroatoms. The number of nitrogens with one attached hydrogen (secondary N) is 1. The summed E-state index contributed by atoms with van der Waals surface area (Å²) in [6.45, 7) is 22.5. The van der Waals surface area contributed by atoms with Crippen molar-refractivity contribution < 1.29 is 9.59 Å². The molecular formula is C36H58N4O2. The molecular weight excluding hydrogens is 520 g/mol. The Morgan fingerprint density at radius 3 is 2.31 bits per heavy atom. The Labute approximate surface area is 257 Å². The van der Waals surface area contributed by atoms with Gasteiger partial charge >= 0.3 is 0 Å². The maximum atomic E-state index is 13.3. The number of aryl methyl sites for hydroxylation is 1. The van der Waals surface area contributed by atoms with Crippen LogP contribution in [0.2, 0.25) is 0 Å². The highest BCUT2D eigenvalue weighted by molar-refractivity contribution is 6.46. The van der Waals surface area contributed by atoms with Crippen molar-refractivity contribution in [1.29, 1.82) is 0 Å². The highest BCUT2D eigenvalue weighted by atomic mass is 16.1. The number of benzene rings is 1. The molecule has 4 rings (SSSR count). The number of carbonyl (C=O) groups excluding carboxylic acids is 2. The van der Waals surface area contributed by atoms with Crippen molar-refractivity contribution in [3.63, 3.8) is 0 Å². The van der Waals surface area contributed by atoms with Crippen LogP contribution in [0, 0.1) is 0 Å². The number of fused-ring (bicyclic) bond motifs is 2. The number of aliphatic imine (C=N–C) groups is 2. The van der Waals surface area contributed by atoms with Gasteiger partial charge in [-0.1, -0.05) is 98.4 Å². The van der Waals surface area contributed by atoms with E-state index in [0.717, 1.165) is 42.5 Å². The van der Waals surface area contributed by atoms with Gasteiger partial charge < -0.3 is 10.2 Å². The van der Waals surface area contributed by atoms with Crippen LogP contribution >= 0.6 is 0 Å². The molecule has 1 aromatic carbocycles. The Balaban J connectivity index is 0.00000194. The summed E-state index contributed by atoms with van der Waals surface area (Å²) in [5.74, 6) is 0.343. The van der Waals surface area contributed by atoms with Crippen LogP contribution < -0.4 is 5.32 Å². The fourth-order valence-electron chi connectivity index (χ4n) is 5.18. The van der Waals surface area contributed by atoms with Crippen LogP contribution in [-0.2, 0) is 28.9 Å². The van der Waals surface area contributed by atoms with Gasteiger partial charge in [-0.15, -0.1) is 0 Å². The average molecular weight is 579 g/mol. The summed E-state index contributed by atoms with van der Waals surface area (Å²) in [5, 5.41) is 3.04. The molecule has 2 aliphatic carbocycles. The summed E-state index contributed by atoms with van der Waals surface area (Å²) in [6, 6.07) is 6.17. The van der Waals surface area contributed by atoms with Gasteiger partial charge in [-0.3, -0.25) is 14.6 Å². The molecule has 2 atom stereocenters. The number of nitrogens with zero attached hydrogens (tertiary/aromatic N) is 3. The normalized spacial score (nSPS) is 20.6. The monoisotopic (exact) mass is 578 g/mol. The van der Waals surface area contributed by atoms with E-state index in [1.54, 1.807) is 12.5 Å². The highest BCUT2D eigenvalue weighted by Crippen LogP contribution is 2.57. The van der Waals surface area contributed by atoms with Crippen molar-refractivity contribution in [3.8, 4) is 0 Å². The predicted octanol–water partition coefficient (Wildman–Crippen LogP) is 7.86. The maximum Gasteiger partial charge on any atom is 0.179 e. The van der Waals surface area contributed by atoms with Crippen molar-refractivity contribution >= 4 is 23.6 Å². The van der Waals surface area contributed by atoms with Crippen LogP contribution in [0.3, 0.4) is 0 Å². The van der Waals surface area contributed by atoms with Gasteiger partial charge in [0.2, 0.25) is 0 Å². The molecule has 1 saturated carbocycles. The van der Waals surface area contributed by atoms with E-state index in [0.29, 0.717) is 31.4 Å². The van der Waals surface area contributed by atoms with E-state index >= 15 is 0 Å². The standard InChI is InChI=1S/C28H34N4O2.4C2H6/c1-4-29-14-8-6-5-7-9-15-32(3)28-19-27(28,2)31-20-30-26(28)25(34)13-11-21-10-12-22-17-24(33)18-23(22)16-21;4*1-2/h4,6,8-10,12,15-16,20,29H,1,5,7,11,13-14,17-19H2,2-3H3;4*1-2H3/b8-6+,15-9+;;;;. The molecule has 42 heavy (non-hydrogen) atoms. The molecule has 0 bridgehead atoms. The Hall–Kier alpha value is -3.28. The summed E-state index contributed by atoms with van der Waals surface area (Å²) in [5.41, 5.74) is 3.16. The summed E-state index contributed by atoms with van der Waals surface area (Å²) in [6.07, 6.45) is 16.5. The van der Waals surface area contributed by atoms with E-state index in [1.165, 1.54) is 0 Å². The van der Waals surface area contributed by atoms with Gasteiger partial charge in [-0.25, -0.2) is 4.99 Å². The lowest BCUT2D eigenvalue weighted by Crippen LogP contribution is -2.49. The number of hydrogen-bond acceptors (Lipinski definition) is 6. The summed E-state index contributed by atoms with van der Waals surface area (Å²) < 4.78 is 0. The first-order valence-corrected chi connectivity index (χ1v) is 16.1. The van der Waals surface area contributed by atoms with Gasteiger partial charge in [-0.05, 0) is 55.3 Å². The molecule has 6 nitrogen and oxygen atoms in total. The third kappa shape index (κ3) is 9.92. The minimum atomic E-state index is -0.469. The summed E-state index contributed by atoms with van der Waals surface area (Å²) in [7, 11) is 2.02. The smallest absolute Gasteiger partial charge is 0.179 e. The number of unbranched alkanes of at least 4 members (excludes halogenated alkanes) is 1. The number of rotatable bonds is 12. The fourth-order valence-corrected chi connectivity index (χ4v) is 5.18. The zero-order valence-electron chi connectivity index (χ0n) is 28.2. The van der Waals surface area contributed by atoms with E-state index in [2.05, 4.69) is 64.2 Å². The summed E-state index contributed by atoms with van der Waals surface area (Å²) >= 11 is 0. The Bertz CT molecular complexity index is 1100. The molecule has 0 aromatic heterocycles. The molecule has 0 amide bonds. The topological polar surface area (TPSA) is 74.1 Å². The number of Topliss-reactive ketones (excluding diaryl/α,β-unsaturated/α-hetero) is 2. The molecule has 0 spiro atoms. The van der Waals surface area contributed by atoms with E-state index in [-0.39, 0.29) is 17.1 Å². The third-order valence-electron chi connectivity index (χ3n) is 7.22. The zero-order chi connectivity index (χ0) is 32.2. The second-order valence-electron chi connectivity index (χ2n) is 9.61. The lowest BCUT2D eigenvalue weighted by Gasteiger charge is -2.32. The highest BCUT2D eigenvalue weighted by Gasteiger charge is 2.72. The Morgan fingerprint density at radius 1 is 1.00 bits per heavy atom. The first kappa shape index (κ1) is 38.7. The van der Waals surface area contributed by atoms with Crippen LogP contribution in [-0.4, -0.2) is 53.2 Å². The van der Waals surface area contributed by atoms with Crippen molar-refractivity contribution in [1.82, 2.24) is 10.2 Å². The minimum absolute atomic E-state index is 0.0735. The number of carbonyl (C=O) groups is 2. The van der Waals surface area contributed by atoms with E-state index in [4.69, 9.17) is 0 Å². The molecule has 0 radical (unpaired) electrons. The van der Waals surface area contributed by atoms with Gasteiger partial charge in [0.1, 0.15) is 23.4 Å². The first-order chi connectivity index (χ1) is 20.4. The van der Waals surface area contributed by atoms with Crippen molar-refractivity contribution in [2.75, 3.05) is 13.6 Å². The number of likely N-dealkylation sites (N-methyl/N-ethyl adjacent to an activating group) is 1. The Kier molecular flexibility index (Phi) is 19.0. The maximum absolute atomic E-state index is 13.3. The van der Waals surface area contributed by atoms with Gasteiger partial charge in [0.15, 0.2) is 5.78 Å². The van der Waals surface area contributed by atoms with Crippen molar-refractivity contribution in [2.24, 2.45) is 9.98 Å². The average Bonchev–Trinajstić information content (AvgIpc) is 3.54. The zero-order valence-corrected chi connectivity index (χ0v) is 28.2. The number of allylic oxidation sites excluding steroid dienone is 2. The number of hydrogen-bond donors (Lipinski definition) is 1. The fraction of sp³-hybridized carbons (Fsp3) is 0.556. The van der Waals surface area contributed by atoms with E-state index in [9.17, 15) is 9.59 Å². The molecule has 1 heterocycles. The quantitative estimate of drug-likeness (QED) is 0.202. The largest absolute Gasteiger partial charge is 0.388 e. The summed E-state index contributed by atoms with van der Waals surface area (Å²) in [4.78, 5) is 36.3. The van der Waals surface area contributed by atoms with E-state index in [1.807, 2.05) is 74.6 Å². The molecule has 3 aliphatic rings. The van der Waals surface area contributed by atoms with Crippen LogP contribution in [0.15, 0.2) is 65.4 Å². The van der Waals surface area contributed by atoms with Crippen LogP contribution in [0.25, 0.3) is 0 Å². The van der Waals surface area contributed by atoms with Crippen LogP contribution in [0.4, 0.5) is 0 Å². The van der Waals surface area contributed by atoms with Crippen LogP contribution in [0.5, 0.6) is 0 Å². The van der Waals surface area contributed by atoms with Crippen molar-refractivity contribution in [3.05, 3.63) is 72.1 Å². The van der Waals surface area contributed by atoms with Gasteiger partial charge in [-0.2, -0.15) is 0 Å². The van der Waals surface area contributed by atoms with Gasteiger partial charge in [0, 0.05) is 39.3 Å². The minimum Gasteiger partial charge on any atom is -0.388 e. The molecule has 1 N–H and O–H groups in total. The third-order valence-corrected chi connectivity index (χ3v) is 7.22. The second-order valence-corrected chi connectivity index (χ2v) is 9.61.